The first kappa shape index (κ1) is 15.2. The van der Waals surface area contributed by atoms with E-state index in [1.807, 2.05) is 0 Å². The molecule has 0 amide bonds. The van der Waals surface area contributed by atoms with Crippen LogP contribution in [0.3, 0.4) is 0 Å². The highest BCUT2D eigenvalue weighted by atomic mass is 31.2. The maximum Gasteiger partial charge on any atom is 0.279 e. The molecular formula is C21H21N2OP. The molecule has 2 fully saturated rings. The molecule has 0 N–H and O–H groups in total. The molecule has 1 unspecified atom stereocenters. The van der Waals surface area contributed by atoms with Crippen molar-refractivity contribution in [1.82, 2.24) is 4.67 Å². The van der Waals surface area contributed by atoms with E-state index in [0.29, 0.717) is 6.04 Å². The van der Waals surface area contributed by atoms with E-state index in [9.17, 15) is 0 Å². The van der Waals surface area contributed by atoms with Crippen LogP contribution in [0.15, 0.2) is 72.8 Å². The van der Waals surface area contributed by atoms with Gasteiger partial charge in [-0.15, -0.1) is 0 Å². The van der Waals surface area contributed by atoms with Gasteiger partial charge >= 0.3 is 0 Å². The SMILES string of the molecule is c1ccc(N2C[C@@H]3CCCN3P2Oc2ccc3ccccc3c2)cc1. The molecular weight excluding hydrogens is 327 g/mol. The second-order valence-electron chi connectivity index (χ2n) is 6.73. The largest absolute Gasteiger partial charge is 0.440 e. The smallest absolute Gasteiger partial charge is 0.279 e. The summed E-state index contributed by atoms with van der Waals surface area (Å²) < 4.78 is 11.6. The third kappa shape index (κ3) is 2.78. The summed E-state index contributed by atoms with van der Waals surface area (Å²) in [6, 6.07) is 26.2. The summed E-state index contributed by atoms with van der Waals surface area (Å²) in [5, 5.41) is 2.49. The van der Waals surface area contributed by atoms with Gasteiger partial charge in [-0.05, 0) is 47.9 Å². The molecule has 4 heteroatoms. The monoisotopic (exact) mass is 348 g/mol. The Hall–Kier alpha value is -2.09. The molecule has 3 aromatic carbocycles. The van der Waals surface area contributed by atoms with Gasteiger partial charge in [0.25, 0.3) is 8.45 Å². The highest BCUT2D eigenvalue weighted by molar-refractivity contribution is 7.52. The van der Waals surface area contributed by atoms with Crippen LogP contribution in [0.5, 0.6) is 5.75 Å². The van der Waals surface area contributed by atoms with Crippen molar-refractivity contribution in [3.63, 3.8) is 0 Å². The van der Waals surface area contributed by atoms with Crippen LogP contribution in [-0.2, 0) is 0 Å². The number of nitrogens with zero attached hydrogens (tertiary/aromatic N) is 2. The van der Waals surface area contributed by atoms with Crippen molar-refractivity contribution >= 4 is 24.9 Å². The fraction of sp³-hybridized carbons (Fsp3) is 0.238. The minimum atomic E-state index is -0.790. The maximum absolute atomic E-state index is 6.58. The lowest BCUT2D eigenvalue weighted by atomic mass is 10.1. The van der Waals surface area contributed by atoms with Gasteiger partial charge in [0.1, 0.15) is 5.75 Å². The molecule has 0 bridgehead atoms. The van der Waals surface area contributed by atoms with Crippen molar-refractivity contribution in [2.24, 2.45) is 0 Å². The van der Waals surface area contributed by atoms with Gasteiger partial charge in [-0.1, -0.05) is 48.5 Å². The average Bonchev–Trinajstić information content (AvgIpc) is 3.25. The lowest BCUT2D eigenvalue weighted by Gasteiger charge is -2.29. The molecule has 25 heavy (non-hydrogen) atoms. The van der Waals surface area contributed by atoms with Crippen LogP contribution in [-0.4, -0.2) is 23.8 Å². The van der Waals surface area contributed by atoms with Crippen LogP contribution in [0.25, 0.3) is 10.8 Å². The fourth-order valence-corrected chi connectivity index (χ4v) is 6.09. The van der Waals surface area contributed by atoms with Crippen LogP contribution in [0.4, 0.5) is 5.69 Å². The number of fused-ring (bicyclic) bond motifs is 2. The van der Waals surface area contributed by atoms with Crippen molar-refractivity contribution in [3.05, 3.63) is 72.8 Å². The average molecular weight is 348 g/mol. The molecule has 5 rings (SSSR count). The first-order valence-corrected chi connectivity index (χ1v) is 10.1. The first-order valence-electron chi connectivity index (χ1n) is 8.94. The van der Waals surface area contributed by atoms with Gasteiger partial charge in [0.05, 0.1) is 0 Å². The van der Waals surface area contributed by atoms with Crippen molar-refractivity contribution < 1.29 is 4.52 Å². The summed E-state index contributed by atoms with van der Waals surface area (Å²) >= 11 is 0. The lowest BCUT2D eigenvalue weighted by Crippen LogP contribution is -2.20. The van der Waals surface area contributed by atoms with Gasteiger partial charge in [-0.2, -0.15) is 0 Å². The highest BCUT2D eigenvalue weighted by Gasteiger charge is 2.45. The van der Waals surface area contributed by atoms with Crippen LogP contribution in [0.2, 0.25) is 0 Å². The number of anilines is 1. The molecule has 0 aliphatic carbocycles. The molecule has 2 atom stereocenters. The van der Waals surface area contributed by atoms with E-state index < -0.39 is 8.45 Å². The van der Waals surface area contributed by atoms with Crippen molar-refractivity contribution in [2.75, 3.05) is 17.8 Å². The minimum Gasteiger partial charge on any atom is -0.440 e. The predicted molar refractivity (Wildman–Crippen MR) is 105 cm³/mol. The van der Waals surface area contributed by atoms with Gasteiger partial charge in [0, 0.05) is 24.8 Å². The van der Waals surface area contributed by atoms with Crippen LogP contribution >= 0.6 is 8.45 Å². The predicted octanol–water partition coefficient (Wildman–Crippen LogP) is 5.43. The normalized spacial score (nSPS) is 23.1. The zero-order valence-corrected chi connectivity index (χ0v) is 15.0. The molecule has 0 radical (unpaired) electrons. The van der Waals surface area contributed by atoms with Crippen LogP contribution < -0.4 is 9.19 Å². The van der Waals surface area contributed by atoms with Crippen LogP contribution in [0.1, 0.15) is 12.8 Å². The zero-order chi connectivity index (χ0) is 16.6. The Morgan fingerprint density at radius 1 is 0.880 bits per heavy atom. The Labute approximate surface area is 149 Å². The quantitative estimate of drug-likeness (QED) is 0.587. The summed E-state index contributed by atoms with van der Waals surface area (Å²) in [6.45, 7) is 2.22. The Balaban J connectivity index is 1.48. The van der Waals surface area contributed by atoms with E-state index in [2.05, 4.69) is 82.1 Å². The Morgan fingerprint density at radius 2 is 1.68 bits per heavy atom. The highest BCUT2D eigenvalue weighted by Crippen LogP contribution is 2.56. The van der Waals surface area contributed by atoms with Gasteiger partial charge < -0.3 is 9.19 Å². The Bertz CT molecular complexity index is 885. The Kier molecular flexibility index (Phi) is 3.84. The number of hydrogen-bond acceptors (Lipinski definition) is 3. The lowest BCUT2D eigenvalue weighted by molar-refractivity contribution is 0.432. The van der Waals surface area contributed by atoms with E-state index in [1.54, 1.807) is 0 Å². The third-order valence-electron chi connectivity index (χ3n) is 5.12. The van der Waals surface area contributed by atoms with Crippen molar-refractivity contribution in [3.8, 4) is 5.75 Å². The molecule has 0 spiro atoms. The number of hydrogen-bond donors (Lipinski definition) is 0. The topological polar surface area (TPSA) is 15.7 Å². The summed E-state index contributed by atoms with van der Waals surface area (Å²) in [5.41, 5.74) is 1.27. The minimum absolute atomic E-state index is 0.631. The molecule has 2 aliphatic heterocycles. The molecule has 2 heterocycles. The second kappa shape index (κ2) is 6.33. The van der Waals surface area contributed by atoms with E-state index in [0.717, 1.165) is 18.8 Å². The molecule has 2 saturated heterocycles. The molecule has 2 aliphatic rings. The number of para-hydroxylation sites is 1. The van der Waals surface area contributed by atoms with E-state index in [4.69, 9.17) is 4.52 Å². The first-order chi connectivity index (χ1) is 12.4. The van der Waals surface area contributed by atoms with Gasteiger partial charge in [0.2, 0.25) is 0 Å². The third-order valence-corrected chi connectivity index (χ3v) is 7.27. The summed E-state index contributed by atoms with van der Waals surface area (Å²) in [7, 11) is -0.790. The molecule has 3 nitrogen and oxygen atoms in total. The van der Waals surface area contributed by atoms with Gasteiger partial charge in [-0.3, -0.25) is 0 Å². The summed E-state index contributed by atoms with van der Waals surface area (Å²) in [4.78, 5) is 0. The fourth-order valence-electron chi connectivity index (χ4n) is 3.86. The van der Waals surface area contributed by atoms with E-state index in [-0.39, 0.29) is 0 Å². The summed E-state index contributed by atoms with van der Waals surface area (Å²) in [6.07, 6.45) is 2.57. The van der Waals surface area contributed by atoms with Gasteiger partial charge in [-0.25, -0.2) is 4.67 Å². The summed E-state index contributed by atoms with van der Waals surface area (Å²) in [5.74, 6) is 0.971. The Morgan fingerprint density at radius 3 is 2.56 bits per heavy atom. The van der Waals surface area contributed by atoms with Crippen molar-refractivity contribution in [1.29, 1.82) is 0 Å². The number of benzene rings is 3. The van der Waals surface area contributed by atoms with E-state index in [1.165, 1.54) is 29.3 Å². The molecule has 126 valence electrons. The molecule has 0 aromatic heterocycles. The van der Waals surface area contributed by atoms with Gasteiger partial charge in [0.15, 0.2) is 0 Å². The molecule has 3 aromatic rings. The zero-order valence-electron chi connectivity index (χ0n) is 14.1. The standard InChI is InChI=1S/C21H21N2OP/c1-2-9-19(10-3-1)23-16-20-11-6-14-22(20)25(23)24-21-13-12-17-7-4-5-8-18(17)15-21/h1-5,7-10,12-13,15,20H,6,11,14,16H2/t20-,25?/m0/s1. The van der Waals surface area contributed by atoms with E-state index >= 15 is 0 Å². The maximum atomic E-state index is 6.58. The second-order valence-corrected chi connectivity index (χ2v) is 8.41. The number of rotatable bonds is 3. The molecule has 0 saturated carbocycles. The van der Waals surface area contributed by atoms with Crippen LogP contribution in [0, 0.1) is 0 Å². The van der Waals surface area contributed by atoms with Crippen molar-refractivity contribution in [2.45, 2.75) is 18.9 Å².